The molecule has 0 fully saturated rings. The summed E-state index contributed by atoms with van der Waals surface area (Å²) in [6.07, 6.45) is 0.724. The molecule has 0 bridgehead atoms. The maximum atomic E-state index is 13.3. The summed E-state index contributed by atoms with van der Waals surface area (Å²) in [4.78, 5) is 39.3. The number of aromatic nitrogens is 2. The predicted octanol–water partition coefficient (Wildman–Crippen LogP) is 1.61. The molecule has 4 rings (SSSR count). The molecule has 1 aromatic heterocycles. The molecule has 3 heterocycles. The molecule has 28 heavy (non-hydrogen) atoms. The normalized spacial score (nSPS) is 18.1. The Morgan fingerprint density at radius 2 is 2.11 bits per heavy atom. The van der Waals surface area contributed by atoms with Crippen LogP contribution in [0.15, 0.2) is 24.3 Å². The van der Waals surface area contributed by atoms with Gasteiger partial charge < -0.3 is 15.0 Å². The van der Waals surface area contributed by atoms with Gasteiger partial charge in [-0.15, -0.1) is 0 Å². The van der Waals surface area contributed by atoms with Crippen LogP contribution in [0.2, 0.25) is 0 Å². The molecular formula is C20H22N4O4. The number of aryl methyl sites for hydroxylation is 1. The van der Waals surface area contributed by atoms with Crippen LogP contribution in [0.5, 0.6) is 0 Å². The summed E-state index contributed by atoms with van der Waals surface area (Å²) in [6, 6.07) is 7.38. The molecule has 0 aliphatic carbocycles. The van der Waals surface area contributed by atoms with E-state index in [9.17, 15) is 14.4 Å². The summed E-state index contributed by atoms with van der Waals surface area (Å²) >= 11 is 0. The SMILES string of the molecule is CCOC(=O)c1nn(C)c2c1CN(C(=O)C1CC(=O)Nc3ccccc31)CC2. The van der Waals surface area contributed by atoms with Crippen LogP contribution in [0.1, 0.15) is 46.6 Å². The molecule has 146 valence electrons. The van der Waals surface area contributed by atoms with Crippen molar-refractivity contribution in [3.8, 4) is 0 Å². The number of hydrogen-bond acceptors (Lipinski definition) is 5. The summed E-state index contributed by atoms with van der Waals surface area (Å²) in [7, 11) is 1.79. The predicted molar refractivity (Wildman–Crippen MR) is 101 cm³/mol. The highest BCUT2D eigenvalue weighted by Crippen LogP contribution is 2.34. The van der Waals surface area contributed by atoms with Crippen LogP contribution in [-0.2, 0) is 34.3 Å². The number of amides is 2. The molecule has 0 radical (unpaired) electrons. The van der Waals surface area contributed by atoms with E-state index >= 15 is 0 Å². The van der Waals surface area contributed by atoms with Gasteiger partial charge in [-0.05, 0) is 18.6 Å². The summed E-state index contributed by atoms with van der Waals surface area (Å²) in [5.74, 6) is -1.26. The maximum Gasteiger partial charge on any atom is 0.359 e. The molecule has 1 aromatic carbocycles. The van der Waals surface area contributed by atoms with Crippen molar-refractivity contribution in [2.45, 2.75) is 32.2 Å². The number of rotatable bonds is 3. The lowest BCUT2D eigenvalue weighted by atomic mass is 9.88. The first kappa shape index (κ1) is 18.2. The van der Waals surface area contributed by atoms with Gasteiger partial charge in [0.2, 0.25) is 11.8 Å². The first-order valence-electron chi connectivity index (χ1n) is 9.39. The van der Waals surface area contributed by atoms with Gasteiger partial charge in [0.25, 0.3) is 0 Å². The number of fused-ring (bicyclic) bond motifs is 2. The minimum atomic E-state index is -0.519. The first-order chi connectivity index (χ1) is 13.5. The number of carbonyl (C=O) groups is 3. The van der Waals surface area contributed by atoms with Crippen LogP contribution in [-0.4, -0.2) is 45.6 Å². The highest BCUT2D eigenvalue weighted by molar-refractivity contribution is 6.01. The Hall–Kier alpha value is -3.16. The lowest BCUT2D eigenvalue weighted by Crippen LogP contribution is -2.41. The van der Waals surface area contributed by atoms with Gasteiger partial charge in [0, 0.05) is 49.9 Å². The fourth-order valence-corrected chi connectivity index (χ4v) is 4.00. The fraction of sp³-hybridized carbons (Fsp3) is 0.400. The number of ether oxygens (including phenoxy) is 1. The zero-order valence-electron chi connectivity index (χ0n) is 15.9. The number of esters is 1. The molecule has 2 aromatic rings. The minimum absolute atomic E-state index is 0.105. The van der Waals surface area contributed by atoms with Gasteiger partial charge >= 0.3 is 5.97 Å². The van der Waals surface area contributed by atoms with Crippen LogP contribution < -0.4 is 5.32 Å². The van der Waals surface area contributed by atoms with Crippen molar-refractivity contribution < 1.29 is 19.1 Å². The molecule has 1 N–H and O–H groups in total. The molecule has 2 amide bonds. The standard InChI is InChI=1S/C20H22N4O4/c1-3-28-20(27)18-14-11-24(9-8-16(14)23(2)22-18)19(26)13-10-17(25)21-15-7-5-4-6-12(13)15/h4-7,13H,3,8-11H2,1-2H3,(H,21,25). The van der Waals surface area contributed by atoms with E-state index in [4.69, 9.17) is 4.74 Å². The van der Waals surface area contributed by atoms with Crippen molar-refractivity contribution in [1.29, 1.82) is 0 Å². The Balaban J connectivity index is 1.62. The van der Waals surface area contributed by atoms with E-state index in [0.717, 1.165) is 16.8 Å². The Morgan fingerprint density at radius 3 is 2.89 bits per heavy atom. The second-order valence-corrected chi connectivity index (χ2v) is 7.02. The number of para-hydroxylation sites is 1. The van der Waals surface area contributed by atoms with Crippen molar-refractivity contribution in [2.75, 3.05) is 18.5 Å². The smallest absolute Gasteiger partial charge is 0.359 e. The Labute approximate surface area is 162 Å². The molecular weight excluding hydrogens is 360 g/mol. The topological polar surface area (TPSA) is 93.5 Å². The lowest BCUT2D eigenvalue weighted by molar-refractivity contribution is -0.135. The van der Waals surface area contributed by atoms with Gasteiger partial charge in [-0.2, -0.15) is 5.10 Å². The number of anilines is 1. The highest BCUT2D eigenvalue weighted by Gasteiger charge is 2.36. The highest BCUT2D eigenvalue weighted by atomic mass is 16.5. The van der Waals surface area contributed by atoms with Gasteiger partial charge in [-0.25, -0.2) is 4.79 Å². The summed E-state index contributed by atoms with van der Waals surface area (Å²) < 4.78 is 6.80. The molecule has 0 saturated carbocycles. The average molecular weight is 382 g/mol. The minimum Gasteiger partial charge on any atom is -0.461 e. The summed E-state index contributed by atoms with van der Waals surface area (Å²) in [5, 5.41) is 7.13. The van der Waals surface area contributed by atoms with Crippen molar-refractivity contribution >= 4 is 23.5 Å². The van der Waals surface area contributed by atoms with E-state index in [1.165, 1.54) is 0 Å². The van der Waals surface area contributed by atoms with Crippen LogP contribution in [0.25, 0.3) is 0 Å². The van der Waals surface area contributed by atoms with Gasteiger partial charge in [0.05, 0.1) is 12.5 Å². The Kier molecular flexibility index (Phi) is 4.62. The van der Waals surface area contributed by atoms with Gasteiger partial charge in [0.15, 0.2) is 5.69 Å². The van der Waals surface area contributed by atoms with Crippen LogP contribution >= 0.6 is 0 Å². The summed E-state index contributed by atoms with van der Waals surface area (Å²) in [6.45, 7) is 2.82. The van der Waals surface area contributed by atoms with E-state index in [-0.39, 0.29) is 37.1 Å². The third-order valence-corrected chi connectivity index (χ3v) is 5.32. The fourth-order valence-electron chi connectivity index (χ4n) is 4.00. The quantitative estimate of drug-likeness (QED) is 0.814. The zero-order chi connectivity index (χ0) is 19.8. The van der Waals surface area contributed by atoms with Crippen molar-refractivity contribution in [1.82, 2.24) is 14.7 Å². The molecule has 0 spiro atoms. The lowest BCUT2D eigenvalue weighted by Gasteiger charge is -2.33. The molecule has 1 atom stereocenters. The molecule has 1 unspecified atom stereocenters. The van der Waals surface area contributed by atoms with Crippen LogP contribution in [0, 0.1) is 0 Å². The molecule has 0 saturated heterocycles. The second-order valence-electron chi connectivity index (χ2n) is 7.02. The van der Waals surface area contributed by atoms with E-state index in [0.29, 0.717) is 18.7 Å². The zero-order valence-corrected chi connectivity index (χ0v) is 15.9. The van der Waals surface area contributed by atoms with Crippen molar-refractivity contribution in [3.05, 3.63) is 46.8 Å². The molecule has 8 nitrogen and oxygen atoms in total. The van der Waals surface area contributed by atoms with Crippen molar-refractivity contribution in [2.24, 2.45) is 7.05 Å². The number of hydrogen-bond donors (Lipinski definition) is 1. The number of nitrogens with one attached hydrogen (secondary N) is 1. The number of benzene rings is 1. The van der Waals surface area contributed by atoms with Gasteiger partial charge in [-0.3, -0.25) is 14.3 Å². The van der Waals surface area contributed by atoms with E-state index < -0.39 is 11.9 Å². The van der Waals surface area contributed by atoms with Crippen LogP contribution in [0.3, 0.4) is 0 Å². The van der Waals surface area contributed by atoms with E-state index in [1.807, 2.05) is 18.2 Å². The largest absolute Gasteiger partial charge is 0.461 e. The third kappa shape index (κ3) is 3.04. The van der Waals surface area contributed by atoms with Gasteiger partial charge in [0.1, 0.15) is 0 Å². The van der Waals surface area contributed by atoms with Crippen molar-refractivity contribution in [3.63, 3.8) is 0 Å². The maximum absolute atomic E-state index is 13.3. The third-order valence-electron chi connectivity index (χ3n) is 5.32. The summed E-state index contributed by atoms with van der Waals surface area (Å²) in [5.41, 5.74) is 3.44. The van der Waals surface area contributed by atoms with E-state index in [2.05, 4.69) is 10.4 Å². The van der Waals surface area contributed by atoms with E-state index in [1.54, 1.807) is 29.6 Å². The molecule has 2 aliphatic rings. The average Bonchev–Trinajstić information content (AvgIpc) is 3.03. The van der Waals surface area contributed by atoms with Crippen LogP contribution in [0.4, 0.5) is 5.69 Å². The monoisotopic (exact) mass is 382 g/mol. The molecule has 8 heteroatoms. The molecule has 2 aliphatic heterocycles. The Bertz CT molecular complexity index is 965. The van der Waals surface area contributed by atoms with Gasteiger partial charge in [-0.1, -0.05) is 18.2 Å². The first-order valence-corrected chi connectivity index (χ1v) is 9.39. The number of nitrogens with zero attached hydrogens (tertiary/aromatic N) is 3. The second kappa shape index (κ2) is 7.10. The number of carbonyl (C=O) groups excluding carboxylic acids is 3. The Morgan fingerprint density at radius 1 is 1.32 bits per heavy atom.